The molecule has 0 bridgehead atoms. The highest BCUT2D eigenvalue weighted by atomic mass is 19.4. The van der Waals surface area contributed by atoms with Gasteiger partial charge in [-0.3, -0.25) is 14.6 Å². The van der Waals surface area contributed by atoms with Gasteiger partial charge < -0.3 is 14.8 Å². The van der Waals surface area contributed by atoms with Crippen molar-refractivity contribution in [3.8, 4) is 5.75 Å². The number of benzene rings is 2. The molecule has 2 N–H and O–H groups in total. The van der Waals surface area contributed by atoms with Crippen LogP contribution in [0.4, 0.5) is 32.0 Å². The molecule has 2 saturated heterocycles. The van der Waals surface area contributed by atoms with E-state index in [1.54, 1.807) is 36.5 Å². The van der Waals surface area contributed by atoms with Crippen molar-refractivity contribution in [2.24, 2.45) is 17.8 Å². The standard InChI is InChI=1S/C35H31BF6N2O5/c1-2-20-14-26-31(33(47)44(32(26)46)24-16-22(34(37,38)39)15-23(17-24)35(40,41)42)27-18-36(48)49-29(30(20)27)11-8-21(28-5-3-4-12-43-28)13-19-6-9-25(45)10-7-19/h3-7,9-10,12-13,15-17,26-27,29,31,45,48H,2,8,11,14,18H2,1H3/b21-13-/t26-,27+,29-,31-/m1/s1. The molecule has 2 aliphatic heterocycles. The lowest BCUT2D eigenvalue weighted by molar-refractivity contribution is -0.143. The minimum absolute atomic E-state index is 0.0504. The van der Waals surface area contributed by atoms with E-state index in [0.717, 1.165) is 22.3 Å². The highest BCUT2D eigenvalue weighted by Gasteiger charge is 2.58. The molecule has 2 amide bonds. The lowest BCUT2D eigenvalue weighted by atomic mass is 9.58. The quantitative estimate of drug-likeness (QED) is 0.115. The largest absolute Gasteiger partial charge is 0.508 e. The summed E-state index contributed by atoms with van der Waals surface area (Å²) < 4.78 is 88.1. The first-order valence-corrected chi connectivity index (χ1v) is 15.8. The van der Waals surface area contributed by atoms with Crippen molar-refractivity contribution in [3.05, 3.63) is 100 Å². The zero-order chi connectivity index (χ0) is 35.2. The average molecular weight is 684 g/mol. The number of imide groups is 1. The number of fused-ring (bicyclic) bond motifs is 3. The van der Waals surface area contributed by atoms with Crippen LogP contribution in [0.15, 0.2) is 78.0 Å². The van der Waals surface area contributed by atoms with Crippen LogP contribution in [0, 0.1) is 17.8 Å². The monoisotopic (exact) mass is 684 g/mol. The van der Waals surface area contributed by atoms with E-state index in [2.05, 4.69) is 4.98 Å². The van der Waals surface area contributed by atoms with Crippen molar-refractivity contribution in [1.82, 2.24) is 4.98 Å². The Kier molecular flexibility index (Phi) is 9.22. The van der Waals surface area contributed by atoms with Crippen LogP contribution in [0.2, 0.25) is 6.32 Å². The number of phenols is 1. The number of aromatic hydroxyl groups is 1. The summed E-state index contributed by atoms with van der Waals surface area (Å²) in [5, 5.41) is 20.6. The number of phenolic OH excluding ortho intramolecular Hbond substituents is 1. The molecule has 2 aromatic carbocycles. The number of anilines is 1. The molecular weight excluding hydrogens is 653 g/mol. The second-order valence-electron chi connectivity index (χ2n) is 12.5. The molecule has 7 nitrogen and oxygen atoms in total. The predicted octanol–water partition coefficient (Wildman–Crippen LogP) is 7.56. The molecule has 0 spiro atoms. The Bertz CT molecular complexity index is 1780. The molecular formula is C35H31BF6N2O5. The van der Waals surface area contributed by atoms with Crippen molar-refractivity contribution in [3.63, 3.8) is 0 Å². The third-order valence-electron chi connectivity index (χ3n) is 9.47. The zero-order valence-corrected chi connectivity index (χ0v) is 26.1. The number of hydrogen-bond donors (Lipinski definition) is 2. The number of carbonyl (C=O) groups excluding carboxylic acids is 2. The Morgan fingerprint density at radius 2 is 1.65 bits per heavy atom. The van der Waals surface area contributed by atoms with Gasteiger partial charge in [0.2, 0.25) is 11.8 Å². The van der Waals surface area contributed by atoms with Gasteiger partial charge in [0.1, 0.15) is 5.75 Å². The topological polar surface area (TPSA) is 100.0 Å². The van der Waals surface area contributed by atoms with Crippen molar-refractivity contribution < 1.29 is 50.7 Å². The molecule has 2 fully saturated rings. The smallest absolute Gasteiger partial charge is 0.455 e. The maximum absolute atomic E-state index is 14.0. The molecule has 3 heterocycles. The number of alkyl halides is 6. The van der Waals surface area contributed by atoms with E-state index >= 15 is 0 Å². The summed E-state index contributed by atoms with van der Waals surface area (Å²) in [6.07, 6.45) is -6.29. The van der Waals surface area contributed by atoms with Gasteiger partial charge >= 0.3 is 19.5 Å². The number of hydrogen-bond acceptors (Lipinski definition) is 6. The summed E-state index contributed by atoms with van der Waals surface area (Å²) >= 11 is 0. The minimum atomic E-state index is -5.17. The number of pyridine rings is 1. The Morgan fingerprint density at radius 3 is 2.24 bits per heavy atom. The zero-order valence-electron chi connectivity index (χ0n) is 26.1. The van der Waals surface area contributed by atoms with E-state index in [4.69, 9.17) is 4.65 Å². The fourth-order valence-corrected chi connectivity index (χ4v) is 7.31. The molecule has 3 aliphatic rings. The molecule has 0 radical (unpaired) electrons. The first-order valence-electron chi connectivity index (χ1n) is 15.8. The number of rotatable bonds is 7. The molecule has 3 aromatic rings. The second kappa shape index (κ2) is 13.1. The molecule has 49 heavy (non-hydrogen) atoms. The number of nitrogens with zero attached hydrogens (tertiary/aromatic N) is 2. The molecule has 0 unspecified atom stereocenters. The summed E-state index contributed by atoms with van der Waals surface area (Å²) in [5.41, 5.74) is -0.235. The molecule has 1 aliphatic carbocycles. The predicted molar refractivity (Wildman–Crippen MR) is 168 cm³/mol. The number of amides is 2. The number of allylic oxidation sites excluding steroid dienone is 2. The average Bonchev–Trinajstić information content (AvgIpc) is 3.31. The molecule has 1 aromatic heterocycles. The minimum Gasteiger partial charge on any atom is -0.508 e. The second-order valence-corrected chi connectivity index (χ2v) is 12.5. The van der Waals surface area contributed by atoms with Crippen LogP contribution in [-0.2, 0) is 26.6 Å². The van der Waals surface area contributed by atoms with Gasteiger partial charge in [0, 0.05) is 6.20 Å². The summed E-state index contributed by atoms with van der Waals surface area (Å²) in [6, 6.07) is 12.8. The molecule has 0 saturated carbocycles. The first-order chi connectivity index (χ1) is 23.2. The van der Waals surface area contributed by atoms with E-state index in [1.165, 1.54) is 0 Å². The third kappa shape index (κ3) is 6.89. The third-order valence-corrected chi connectivity index (χ3v) is 9.47. The van der Waals surface area contributed by atoms with Crippen molar-refractivity contribution in [2.45, 2.75) is 57.4 Å². The summed E-state index contributed by atoms with van der Waals surface area (Å²) in [5.74, 6) is -4.53. The fraction of sp³-hybridized carbons (Fsp3) is 0.343. The van der Waals surface area contributed by atoms with Crippen LogP contribution in [-0.4, -0.2) is 40.2 Å². The molecule has 6 rings (SSSR count). The van der Waals surface area contributed by atoms with Crippen LogP contribution in [0.3, 0.4) is 0 Å². The van der Waals surface area contributed by atoms with Gasteiger partial charge in [-0.15, -0.1) is 0 Å². The van der Waals surface area contributed by atoms with Crippen molar-refractivity contribution in [2.75, 3.05) is 4.90 Å². The van der Waals surface area contributed by atoms with Crippen LogP contribution in [0.25, 0.3) is 11.6 Å². The van der Waals surface area contributed by atoms with E-state index < -0.39 is 72.0 Å². The van der Waals surface area contributed by atoms with Crippen molar-refractivity contribution in [1.29, 1.82) is 0 Å². The normalized spacial score (nSPS) is 23.2. The summed E-state index contributed by atoms with van der Waals surface area (Å²) in [7, 11) is -1.34. The van der Waals surface area contributed by atoms with Crippen molar-refractivity contribution >= 4 is 36.3 Å². The maximum atomic E-state index is 14.0. The Morgan fingerprint density at radius 1 is 0.980 bits per heavy atom. The SMILES string of the molecule is CCC1=C2[C@@H](CC/C(=C/c3ccc(O)cc3)c3ccccn3)OB(O)C[C@@H]2[C@@H]2C(=O)N(c3cc(C(F)(F)F)cc(C(F)(F)F)c3)C(=O)[C@@H]2C1. The molecule has 4 atom stereocenters. The van der Waals surface area contributed by atoms with E-state index in [0.29, 0.717) is 42.0 Å². The van der Waals surface area contributed by atoms with Crippen LogP contribution in [0.1, 0.15) is 55.0 Å². The number of aromatic nitrogens is 1. The molecule has 256 valence electrons. The summed E-state index contributed by atoms with van der Waals surface area (Å²) in [4.78, 5) is 32.6. The summed E-state index contributed by atoms with van der Waals surface area (Å²) in [6.45, 7) is 1.85. The Balaban J connectivity index is 1.33. The van der Waals surface area contributed by atoms with E-state index in [9.17, 15) is 46.1 Å². The van der Waals surface area contributed by atoms with Gasteiger partial charge in [-0.05, 0) is 103 Å². The highest BCUT2D eigenvalue weighted by Crippen LogP contribution is 2.52. The fourth-order valence-electron chi connectivity index (χ4n) is 7.31. The van der Waals surface area contributed by atoms with E-state index in [1.807, 2.05) is 25.1 Å². The van der Waals surface area contributed by atoms with Gasteiger partial charge in [0.15, 0.2) is 0 Å². The lowest BCUT2D eigenvalue weighted by Crippen LogP contribution is -2.46. The highest BCUT2D eigenvalue weighted by molar-refractivity contribution is 6.43. The molecule has 14 heteroatoms. The Hall–Kier alpha value is -4.43. The Labute approximate surface area is 278 Å². The van der Waals surface area contributed by atoms with Gasteiger partial charge in [-0.25, -0.2) is 4.90 Å². The van der Waals surface area contributed by atoms with Gasteiger partial charge in [0.05, 0.1) is 40.4 Å². The maximum Gasteiger partial charge on any atom is 0.455 e. The van der Waals surface area contributed by atoms with Gasteiger partial charge in [-0.2, -0.15) is 26.3 Å². The van der Waals surface area contributed by atoms with E-state index in [-0.39, 0.29) is 24.6 Å². The number of carbonyl (C=O) groups is 2. The van der Waals surface area contributed by atoms with Crippen LogP contribution in [0.5, 0.6) is 5.75 Å². The number of halogens is 6. The van der Waals surface area contributed by atoms with Crippen LogP contribution >= 0.6 is 0 Å². The lowest BCUT2D eigenvalue weighted by Gasteiger charge is -2.43. The van der Waals surface area contributed by atoms with Crippen LogP contribution < -0.4 is 4.90 Å². The van der Waals surface area contributed by atoms with Gasteiger partial charge in [-0.1, -0.05) is 30.7 Å². The first kappa shape index (κ1) is 34.4. The van der Waals surface area contributed by atoms with Gasteiger partial charge in [0.25, 0.3) is 0 Å².